The number of rotatable bonds is 15. The molecule has 2 heterocycles. The highest BCUT2D eigenvalue weighted by Gasteiger charge is 2.46. The minimum absolute atomic E-state index is 0.263. The van der Waals surface area contributed by atoms with Gasteiger partial charge in [-0.25, -0.2) is 0 Å². The van der Waals surface area contributed by atoms with Crippen molar-refractivity contribution < 1.29 is 19.4 Å². The summed E-state index contributed by atoms with van der Waals surface area (Å²) in [4.78, 5) is 4.73. The second kappa shape index (κ2) is 16.1. The van der Waals surface area contributed by atoms with Crippen molar-refractivity contribution in [2.75, 3.05) is 49.1 Å². The third kappa shape index (κ3) is 7.62. The van der Waals surface area contributed by atoms with Crippen LogP contribution in [0.4, 0.5) is 22.7 Å². The number of nitrogens with zero attached hydrogens (tertiary/aromatic N) is 4. The van der Waals surface area contributed by atoms with E-state index >= 15 is 0 Å². The van der Waals surface area contributed by atoms with Crippen LogP contribution < -0.4 is 9.80 Å². The molecule has 0 atom stereocenters. The Labute approximate surface area is 323 Å². The van der Waals surface area contributed by atoms with Crippen molar-refractivity contribution in [3.63, 3.8) is 0 Å². The molecule has 0 saturated carbocycles. The molecule has 0 fully saturated rings. The molecule has 0 amide bonds. The van der Waals surface area contributed by atoms with Gasteiger partial charge in [0.15, 0.2) is 11.4 Å². The van der Waals surface area contributed by atoms with Gasteiger partial charge in [-0.3, -0.25) is 0 Å². The average molecular weight is 725 g/mol. The zero-order valence-corrected chi connectivity index (χ0v) is 33.7. The van der Waals surface area contributed by atoms with Crippen LogP contribution in [0.5, 0.6) is 11.5 Å². The lowest BCUT2D eigenvalue weighted by Crippen LogP contribution is -2.28. The van der Waals surface area contributed by atoms with Crippen molar-refractivity contribution >= 4 is 46.3 Å². The molecule has 0 radical (unpaired) electrons. The molecule has 6 heteroatoms. The number of benzene rings is 4. The standard InChI is InChI=1S/C48H58N4O2/c1-9-49(10-2)37-21-15-35(16-22-37)19-29-45-47(5,6)41-33-39(53)25-27-43(41)51(45)31-13-14-32-52-44-28-26-40(54)34-42(44)48(7,8)46(52)30-20-36-17-23-38(24-18-36)50(11-3)12-4/h15-30,33-34H,9-14,31-32H2,1-8H3/p+2. The second-order valence-corrected chi connectivity index (χ2v) is 15.6. The summed E-state index contributed by atoms with van der Waals surface area (Å²) in [6, 6.07) is 29.3. The first-order chi connectivity index (χ1) is 25.9. The fourth-order valence-electron chi connectivity index (χ4n) is 8.47. The molecule has 2 N–H and O–H groups in total. The summed E-state index contributed by atoms with van der Waals surface area (Å²) < 4.78 is 4.92. The van der Waals surface area contributed by atoms with E-state index in [4.69, 9.17) is 0 Å². The molecular weight excluding hydrogens is 665 g/mol. The van der Waals surface area contributed by atoms with Gasteiger partial charge in [-0.1, -0.05) is 24.3 Å². The van der Waals surface area contributed by atoms with Crippen molar-refractivity contribution in [2.45, 2.75) is 79.1 Å². The predicted octanol–water partition coefficient (Wildman–Crippen LogP) is 10.4. The number of unbranched alkanes of at least 4 members (excludes halogenated alkanes) is 1. The maximum absolute atomic E-state index is 10.5. The lowest BCUT2D eigenvalue weighted by Gasteiger charge is -2.20. The van der Waals surface area contributed by atoms with Gasteiger partial charge in [-0.05, 0) is 127 Å². The van der Waals surface area contributed by atoms with Crippen molar-refractivity contribution in [3.8, 4) is 11.5 Å². The fourth-order valence-corrected chi connectivity index (χ4v) is 8.47. The summed E-state index contributed by atoms with van der Waals surface area (Å²) in [5, 5.41) is 21.0. The maximum atomic E-state index is 10.5. The number of hydrogen-bond donors (Lipinski definition) is 2. The second-order valence-electron chi connectivity index (χ2n) is 15.6. The van der Waals surface area contributed by atoms with Gasteiger partial charge in [0, 0.05) is 85.8 Å². The van der Waals surface area contributed by atoms with E-state index in [2.05, 4.69) is 159 Å². The van der Waals surface area contributed by atoms with Crippen LogP contribution in [0.2, 0.25) is 0 Å². The van der Waals surface area contributed by atoms with Crippen molar-refractivity contribution in [2.24, 2.45) is 0 Å². The molecule has 282 valence electrons. The minimum atomic E-state index is -0.263. The van der Waals surface area contributed by atoms with Gasteiger partial charge in [0.2, 0.25) is 11.4 Å². The van der Waals surface area contributed by atoms with E-state index in [-0.39, 0.29) is 10.8 Å². The molecule has 2 aliphatic rings. The first-order valence-corrected chi connectivity index (χ1v) is 20.0. The largest absolute Gasteiger partial charge is 0.508 e. The molecule has 4 aromatic rings. The van der Waals surface area contributed by atoms with E-state index in [1.807, 2.05) is 24.3 Å². The summed E-state index contributed by atoms with van der Waals surface area (Å²) in [6.07, 6.45) is 11.0. The number of phenols is 2. The molecule has 4 aromatic carbocycles. The van der Waals surface area contributed by atoms with Crippen LogP contribution in [-0.4, -0.2) is 70.1 Å². The minimum Gasteiger partial charge on any atom is -0.508 e. The Bertz CT molecular complexity index is 1930. The highest BCUT2D eigenvalue weighted by molar-refractivity contribution is 6.06. The Hall–Kier alpha value is -5.10. The van der Waals surface area contributed by atoms with E-state index in [0.29, 0.717) is 11.5 Å². The summed E-state index contributed by atoms with van der Waals surface area (Å²) >= 11 is 0. The molecule has 0 bridgehead atoms. The molecule has 0 spiro atoms. The molecule has 0 saturated heterocycles. The molecule has 2 aliphatic heterocycles. The highest BCUT2D eigenvalue weighted by atomic mass is 16.3. The van der Waals surface area contributed by atoms with Crippen molar-refractivity contribution in [1.82, 2.24) is 0 Å². The molecule has 54 heavy (non-hydrogen) atoms. The lowest BCUT2D eigenvalue weighted by molar-refractivity contribution is -0.451. The number of aromatic hydroxyl groups is 2. The summed E-state index contributed by atoms with van der Waals surface area (Å²) in [6.45, 7) is 23.5. The van der Waals surface area contributed by atoms with E-state index in [0.717, 1.165) is 63.2 Å². The van der Waals surface area contributed by atoms with Crippen LogP contribution >= 0.6 is 0 Å². The Morgan fingerprint density at radius 3 is 1.19 bits per heavy atom. The topological polar surface area (TPSA) is 53.0 Å². The van der Waals surface area contributed by atoms with Gasteiger partial charge in [-0.2, -0.15) is 9.15 Å². The quantitative estimate of drug-likeness (QED) is 0.0947. The van der Waals surface area contributed by atoms with Gasteiger partial charge in [-0.15, -0.1) is 0 Å². The van der Waals surface area contributed by atoms with Gasteiger partial charge >= 0.3 is 0 Å². The van der Waals surface area contributed by atoms with Crippen LogP contribution in [0.15, 0.2) is 97.1 Å². The van der Waals surface area contributed by atoms with E-state index < -0.39 is 0 Å². The Morgan fingerprint density at radius 2 is 0.852 bits per heavy atom. The Balaban J connectivity index is 1.26. The molecular formula is C48H60N4O2+2. The van der Waals surface area contributed by atoms with Gasteiger partial charge in [0.25, 0.3) is 0 Å². The van der Waals surface area contributed by atoms with Crippen LogP contribution in [0.1, 0.15) is 90.5 Å². The third-order valence-corrected chi connectivity index (χ3v) is 11.7. The highest BCUT2D eigenvalue weighted by Crippen LogP contribution is 2.43. The van der Waals surface area contributed by atoms with E-state index in [1.165, 1.54) is 45.3 Å². The summed E-state index contributed by atoms with van der Waals surface area (Å²) in [5.41, 5.74) is 11.4. The Morgan fingerprint density at radius 1 is 0.500 bits per heavy atom. The van der Waals surface area contributed by atoms with Crippen molar-refractivity contribution in [1.29, 1.82) is 0 Å². The Kier molecular flexibility index (Phi) is 11.5. The predicted molar refractivity (Wildman–Crippen MR) is 229 cm³/mol. The van der Waals surface area contributed by atoms with Crippen molar-refractivity contribution in [3.05, 3.63) is 119 Å². The van der Waals surface area contributed by atoms with Crippen LogP contribution in [0, 0.1) is 0 Å². The third-order valence-electron chi connectivity index (χ3n) is 11.7. The summed E-state index contributed by atoms with van der Waals surface area (Å²) in [5.74, 6) is 0.604. The normalized spacial score (nSPS) is 15.8. The summed E-state index contributed by atoms with van der Waals surface area (Å²) in [7, 11) is 0. The molecule has 0 aliphatic carbocycles. The van der Waals surface area contributed by atoms with Crippen LogP contribution in [0.25, 0.3) is 12.2 Å². The van der Waals surface area contributed by atoms with Gasteiger partial charge in [0.05, 0.1) is 10.8 Å². The number of allylic oxidation sites excluding steroid dienone is 2. The van der Waals surface area contributed by atoms with Crippen LogP contribution in [0.3, 0.4) is 0 Å². The smallest absolute Gasteiger partial charge is 0.210 e. The monoisotopic (exact) mass is 724 g/mol. The first-order valence-electron chi connectivity index (χ1n) is 20.0. The molecule has 6 nitrogen and oxygen atoms in total. The van der Waals surface area contributed by atoms with E-state index in [9.17, 15) is 10.2 Å². The number of anilines is 2. The number of hydrogen-bond acceptors (Lipinski definition) is 4. The number of fused-ring (bicyclic) bond motifs is 2. The first kappa shape index (κ1) is 38.6. The zero-order chi connectivity index (χ0) is 38.6. The van der Waals surface area contributed by atoms with E-state index in [1.54, 1.807) is 0 Å². The average Bonchev–Trinajstić information content (AvgIpc) is 3.50. The molecule has 0 aromatic heterocycles. The fraction of sp³-hybridized carbons (Fsp3) is 0.375. The van der Waals surface area contributed by atoms with Gasteiger partial charge < -0.3 is 20.0 Å². The molecule has 0 unspecified atom stereocenters. The van der Waals surface area contributed by atoms with Gasteiger partial charge in [0.1, 0.15) is 24.6 Å². The maximum Gasteiger partial charge on any atom is 0.210 e. The van der Waals surface area contributed by atoms with Crippen LogP contribution in [-0.2, 0) is 10.8 Å². The number of phenolic OH excluding ortho intramolecular Hbond substituents is 2. The lowest BCUT2D eigenvalue weighted by atomic mass is 9.81. The SMILES string of the molecule is CCN(CC)c1ccc(/C=C/C2=[N+](CCCC[N+]3=C(/C=C/c4ccc(N(CC)CC)cc4)C(C)(C)c4cc(O)ccc43)c3ccc(O)cc3C2(C)C)cc1. The zero-order valence-electron chi connectivity index (χ0n) is 33.7. The molecule has 6 rings (SSSR count).